The highest BCUT2D eigenvalue weighted by Crippen LogP contribution is 2.30. The molecule has 0 atom stereocenters. The number of anilines is 2. The molecule has 0 aliphatic carbocycles. The fourth-order valence-corrected chi connectivity index (χ4v) is 3.11. The first-order valence-corrected chi connectivity index (χ1v) is 8.45. The highest BCUT2D eigenvalue weighted by molar-refractivity contribution is 9.10. The molecule has 2 aromatic carbocycles. The number of hydrogen-bond acceptors (Lipinski definition) is 3. The first kappa shape index (κ1) is 15.4. The van der Waals surface area contributed by atoms with Crippen molar-refractivity contribution in [3.63, 3.8) is 0 Å². The molecule has 0 amide bonds. The summed E-state index contributed by atoms with van der Waals surface area (Å²) in [5.41, 5.74) is 9.89. The average Bonchev–Trinajstić information content (AvgIpc) is 2.42. The second kappa shape index (κ2) is 6.61. The van der Waals surface area contributed by atoms with Gasteiger partial charge in [-0.15, -0.1) is 11.8 Å². The molecule has 0 spiro atoms. The lowest BCUT2D eigenvalue weighted by Gasteiger charge is -2.15. The Morgan fingerprint density at radius 1 is 1.30 bits per heavy atom. The van der Waals surface area contributed by atoms with Crippen LogP contribution in [-0.4, -0.2) is 11.2 Å². The minimum absolute atomic E-state index is 0.409. The minimum Gasteiger partial charge on any atom is -0.389 e. The van der Waals surface area contributed by atoms with Gasteiger partial charge in [0.05, 0.1) is 0 Å². The van der Waals surface area contributed by atoms with E-state index < -0.39 is 0 Å². The van der Waals surface area contributed by atoms with Crippen LogP contribution in [0.5, 0.6) is 0 Å². The zero-order valence-corrected chi connectivity index (χ0v) is 14.5. The molecule has 0 aromatic heterocycles. The van der Waals surface area contributed by atoms with Crippen molar-refractivity contribution in [2.24, 2.45) is 5.73 Å². The van der Waals surface area contributed by atoms with Gasteiger partial charge in [-0.25, -0.2) is 0 Å². The molecule has 2 rings (SSSR count). The Morgan fingerprint density at radius 2 is 2.05 bits per heavy atom. The third kappa shape index (κ3) is 3.34. The fraction of sp³-hybridized carbons (Fsp3) is 0.133. The van der Waals surface area contributed by atoms with E-state index in [0.29, 0.717) is 4.99 Å². The first-order chi connectivity index (χ1) is 9.52. The quantitative estimate of drug-likeness (QED) is 0.598. The van der Waals surface area contributed by atoms with E-state index >= 15 is 0 Å². The fourth-order valence-electron chi connectivity index (χ4n) is 1.94. The van der Waals surface area contributed by atoms with E-state index in [1.165, 1.54) is 5.56 Å². The van der Waals surface area contributed by atoms with Crippen molar-refractivity contribution in [3.8, 4) is 0 Å². The molecule has 3 N–H and O–H groups in total. The SMILES string of the molecule is CSc1cccc(Nc2ccc(Br)c(C)c2)c1C(N)=S. The number of thiocarbonyl (C=S) groups is 1. The third-order valence-corrected chi connectivity index (χ3v) is 4.80. The summed E-state index contributed by atoms with van der Waals surface area (Å²) in [6, 6.07) is 12.1. The molecule has 0 saturated heterocycles. The average molecular weight is 367 g/mol. The molecule has 0 aliphatic heterocycles. The van der Waals surface area contributed by atoms with Crippen LogP contribution in [-0.2, 0) is 0 Å². The number of nitrogens with one attached hydrogen (secondary N) is 1. The summed E-state index contributed by atoms with van der Waals surface area (Å²) in [6.45, 7) is 2.06. The summed E-state index contributed by atoms with van der Waals surface area (Å²) in [7, 11) is 0. The molecular formula is C15H15BrN2S2. The van der Waals surface area contributed by atoms with Crippen molar-refractivity contribution in [2.45, 2.75) is 11.8 Å². The zero-order chi connectivity index (χ0) is 14.7. The van der Waals surface area contributed by atoms with Crippen molar-refractivity contribution < 1.29 is 0 Å². The van der Waals surface area contributed by atoms with Crippen LogP contribution >= 0.6 is 39.9 Å². The molecule has 0 heterocycles. The number of rotatable bonds is 4. The zero-order valence-electron chi connectivity index (χ0n) is 11.2. The highest BCUT2D eigenvalue weighted by atomic mass is 79.9. The van der Waals surface area contributed by atoms with E-state index in [-0.39, 0.29) is 0 Å². The number of thioether (sulfide) groups is 1. The van der Waals surface area contributed by atoms with Gasteiger partial charge >= 0.3 is 0 Å². The van der Waals surface area contributed by atoms with Crippen molar-refractivity contribution in [1.29, 1.82) is 0 Å². The molecule has 2 aromatic rings. The predicted molar refractivity (Wildman–Crippen MR) is 96.3 cm³/mol. The monoisotopic (exact) mass is 366 g/mol. The van der Waals surface area contributed by atoms with Gasteiger partial charge < -0.3 is 11.1 Å². The summed E-state index contributed by atoms with van der Waals surface area (Å²) in [5.74, 6) is 0. The van der Waals surface area contributed by atoms with Crippen LogP contribution in [0.4, 0.5) is 11.4 Å². The number of aryl methyl sites for hydroxylation is 1. The smallest absolute Gasteiger partial charge is 0.107 e. The maximum atomic E-state index is 5.87. The number of benzene rings is 2. The maximum absolute atomic E-state index is 5.87. The molecular weight excluding hydrogens is 352 g/mol. The molecule has 5 heteroatoms. The normalized spacial score (nSPS) is 10.3. The van der Waals surface area contributed by atoms with Gasteiger partial charge in [-0.1, -0.05) is 34.2 Å². The van der Waals surface area contributed by atoms with Gasteiger partial charge in [0.2, 0.25) is 0 Å². The van der Waals surface area contributed by atoms with Gasteiger partial charge in [-0.2, -0.15) is 0 Å². The van der Waals surface area contributed by atoms with Crippen LogP contribution in [0.1, 0.15) is 11.1 Å². The molecule has 2 nitrogen and oxygen atoms in total. The van der Waals surface area contributed by atoms with E-state index in [2.05, 4.69) is 34.2 Å². The summed E-state index contributed by atoms with van der Waals surface area (Å²) >= 11 is 10.3. The summed E-state index contributed by atoms with van der Waals surface area (Å²) in [6.07, 6.45) is 2.02. The van der Waals surface area contributed by atoms with E-state index in [1.54, 1.807) is 11.8 Å². The Kier molecular flexibility index (Phi) is 5.07. The summed E-state index contributed by atoms with van der Waals surface area (Å²) in [5, 5.41) is 3.39. The lowest BCUT2D eigenvalue weighted by atomic mass is 10.1. The van der Waals surface area contributed by atoms with Gasteiger partial charge in [-0.3, -0.25) is 0 Å². The molecule has 0 fully saturated rings. The standard InChI is InChI=1S/C15H15BrN2S2/c1-9-8-10(6-7-11(9)16)18-12-4-3-5-13(20-2)14(12)15(17)19/h3-8,18H,1-2H3,(H2,17,19). The molecule has 0 saturated carbocycles. The van der Waals surface area contributed by atoms with Crippen molar-refractivity contribution in [2.75, 3.05) is 11.6 Å². The molecule has 0 radical (unpaired) electrons. The molecule has 20 heavy (non-hydrogen) atoms. The van der Waals surface area contributed by atoms with Crippen LogP contribution in [0, 0.1) is 6.92 Å². The first-order valence-electron chi connectivity index (χ1n) is 6.03. The minimum atomic E-state index is 0.409. The molecule has 0 aliphatic rings. The second-order valence-corrected chi connectivity index (χ2v) is 6.48. The Balaban J connectivity index is 2.42. The van der Waals surface area contributed by atoms with E-state index in [9.17, 15) is 0 Å². The number of halogens is 1. The van der Waals surface area contributed by atoms with Crippen molar-refractivity contribution in [1.82, 2.24) is 0 Å². The second-order valence-electron chi connectivity index (χ2n) is 4.34. The number of hydrogen-bond donors (Lipinski definition) is 2. The van der Waals surface area contributed by atoms with E-state index in [0.717, 1.165) is 26.3 Å². The lowest BCUT2D eigenvalue weighted by molar-refractivity contribution is 1.38. The van der Waals surface area contributed by atoms with Gasteiger partial charge in [0.15, 0.2) is 0 Å². The van der Waals surface area contributed by atoms with Crippen LogP contribution in [0.2, 0.25) is 0 Å². The van der Waals surface area contributed by atoms with Crippen LogP contribution in [0.3, 0.4) is 0 Å². The van der Waals surface area contributed by atoms with Gasteiger partial charge in [0.25, 0.3) is 0 Å². The Morgan fingerprint density at radius 3 is 2.65 bits per heavy atom. The Hall–Kier alpha value is -1.04. The van der Waals surface area contributed by atoms with Crippen molar-refractivity contribution >= 4 is 56.3 Å². The third-order valence-electron chi connectivity index (χ3n) is 2.93. The van der Waals surface area contributed by atoms with Crippen LogP contribution in [0.15, 0.2) is 45.8 Å². The largest absolute Gasteiger partial charge is 0.389 e. The van der Waals surface area contributed by atoms with E-state index in [4.69, 9.17) is 18.0 Å². The van der Waals surface area contributed by atoms with Gasteiger partial charge in [-0.05, 0) is 49.1 Å². The predicted octanol–water partition coefficient (Wildman–Crippen LogP) is 4.86. The molecule has 0 bridgehead atoms. The molecule has 104 valence electrons. The Labute approximate surface area is 137 Å². The van der Waals surface area contributed by atoms with Crippen LogP contribution < -0.4 is 11.1 Å². The summed E-state index contributed by atoms with van der Waals surface area (Å²) in [4.78, 5) is 1.49. The van der Waals surface area contributed by atoms with Gasteiger partial charge in [0, 0.05) is 26.3 Å². The Bertz CT molecular complexity index is 656. The van der Waals surface area contributed by atoms with Crippen molar-refractivity contribution in [3.05, 3.63) is 52.0 Å². The van der Waals surface area contributed by atoms with Crippen LogP contribution in [0.25, 0.3) is 0 Å². The highest BCUT2D eigenvalue weighted by Gasteiger charge is 2.11. The van der Waals surface area contributed by atoms with Gasteiger partial charge in [0.1, 0.15) is 4.99 Å². The summed E-state index contributed by atoms with van der Waals surface area (Å²) < 4.78 is 1.09. The molecule has 0 unspecified atom stereocenters. The maximum Gasteiger partial charge on any atom is 0.107 e. The lowest BCUT2D eigenvalue weighted by Crippen LogP contribution is -2.13. The number of nitrogens with two attached hydrogens (primary N) is 1. The van der Waals surface area contributed by atoms with E-state index in [1.807, 2.05) is 36.6 Å². The topological polar surface area (TPSA) is 38.0 Å².